The Bertz CT molecular complexity index is 1670. The van der Waals surface area contributed by atoms with Gasteiger partial charge in [0, 0.05) is 21.0 Å². The van der Waals surface area contributed by atoms with E-state index in [-0.39, 0.29) is 28.0 Å². The highest BCUT2D eigenvalue weighted by molar-refractivity contribution is 6.31. The van der Waals surface area contributed by atoms with Crippen LogP contribution in [0.2, 0.25) is 10.0 Å². The van der Waals surface area contributed by atoms with Crippen LogP contribution in [0.5, 0.6) is 5.75 Å². The monoisotopic (exact) mass is 478 g/mol. The Hall–Kier alpha value is -3.87. The quantitative estimate of drug-likeness (QED) is 0.230. The zero-order valence-corrected chi connectivity index (χ0v) is 18.1. The average molecular weight is 479 g/mol. The minimum Gasteiger partial charge on any atom is -0.452 e. The summed E-state index contributed by atoms with van der Waals surface area (Å²) < 4.78 is 16.6. The van der Waals surface area contributed by atoms with E-state index < -0.39 is 17.0 Å². The number of fused-ring (bicyclic) bond motifs is 2. The molecule has 0 radical (unpaired) electrons. The van der Waals surface area contributed by atoms with E-state index >= 15 is 0 Å². The first-order valence-electron chi connectivity index (χ1n) is 9.68. The molecular formula is C25H12Cl2O6. The van der Waals surface area contributed by atoms with Crippen LogP contribution in [0.3, 0.4) is 0 Å². The molecule has 33 heavy (non-hydrogen) atoms. The normalized spacial score (nSPS) is 11.1. The molecule has 5 aromatic rings. The van der Waals surface area contributed by atoms with Crippen molar-refractivity contribution in [2.75, 3.05) is 0 Å². The standard InChI is InChI=1S/C25H12Cl2O6/c26-15-7-5-13(6-8-15)22-23(21(28)17-12-16(27)9-10-20(17)31-22)33-25(30)18-11-14-3-1-2-4-19(14)32-24(18)29/h1-12H. The molecule has 0 aliphatic heterocycles. The molecule has 0 amide bonds. The number of rotatable bonds is 3. The molecular weight excluding hydrogens is 467 g/mol. The molecule has 0 spiro atoms. The summed E-state index contributed by atoms with van der Waals surface area (Å²) in [6, 6.07) is 19.0. The third kappa shape index (κ3) is 3.91. The van der Waals surface area contributed by atoms with Gasteiger partial charge in [-0.05, 0) is 54.6 Å². The van der Waals surface area contributed by atoms with Crippen LogP contribution in [-0.4, -0.2) is 5.97 Å². The van der Waals surface area contributed by atoms with Crippen LogP contribution in [0.25, 0.3) is 33.3 Å². The predicted molar refractivity (Wildman–Crippen MR) is 125 cm³/mol. The number of hydrogen-bond donors (Lipinski definition) is 0. The Balaban J connectivity index is 1.69. The first-order chi connectivity index (χ1) is 15.9. The van der Waals surface area contributed by atoms with Gasteiger partial charge in [-0.25, -0.2) is 9.59 Å². The molecule has 0 bridgehead atoms. The van der Waals surface area contributed by atoms with Crippen LogP contribution < -0.4 is 15.8 Å². The fraction of sp³-hybridized carbons (Fsp3) is 0. The Morgan fingerprint density at radius 3 is 2.30 bits per heavy atom. The van der Waals surface area contributed by atoms with Crippen LogP contribution >= 0.6 is 23.2 Å². The minimum atomic E-state index is -1.06. The van der Waals surface area contributed by atoms with Crippen LogP contribution in [0, 0.1) is 0 Å². The second kappa shape index (κ2) is 8.24. The number of esters is 1. The topological polar surface area (TPSA) is 86.7 Å². The Kier molecular flexibility index (Phi) is 5.24. The summed E-state index contributed by atoms with van der Waals surface area (Å²) in [5, 5.41) is 1.43. The van der Waals surface area contributed by atoms with Gasteiger partial charge in [0.2, 0.25) is 11.2 Å². The van der Waals surface area contributed by atoms with Gasteiger partial charge in [-0.2, -0.15) is 0 Å². The van der Waals surface area contributed by atoms with Crippen molar-refractivity contribution >= 4 is 51.1 Å². The van der Waals surface area contributed by atoms with E-state index in [9.17, 15) is 14.4 Å². The molecule has 162 valence electrons. The summed E-state index contributed by atoms with van der Waals surface area (Å²) >= 11 is 12.0. The summed E-state index contributed by atoms with van der Waals surface area (Å²) in [7, 11) is 0. The van der Waals surface area contributed by atoms with Gasteiger partial charge in [0.1, 0.15) is 16.7 Å². The van der Waals surface area contributed by atoms with Crippen molar-refractivity contribution in [3.8, 4) is 17.1 Å². The van der Waals surface area contributed by atoms with E-state index in [1.54, 1.807) is 60.7 Å². The highest BCUT2D eigenvalue weighted by Gasteiger charge is 2.24. The smallest absolute Gasteiger partial charge is 0.351 e. The van der Waals surface area contributed by atoms with E-state index in [2.05, 4.69) is 0 Å². The zero-order chi connectivity index (χ0) is 23.1. The molecule has 5 rings (SSSR count). The largest absolute Gasteiger partial charge is 0.452 e. The SMILES string of the molecule is O=C(Oc1c(-c2ccc(Cl)cc2)oc2ccc(Cl)cc2c1=O)c1cc2ccccc2oc1=O. The first kappa shape index (κ1) is 21.0. The van der Waals surface area contributed by atoms with E-state index in [1.807, 2.05) is 0 Å². The van der Waals surface area contributed by atoms with Crippen molar-refractivity contribution in [1.29, 1.82) is 0 Å². The molecule has 0 aliphatic rings. The zero-order valence-electron chi connectivity index (χ0n) is 16.6. The molecule has 0 saturated carbocycles. The maximum Gasteiger partial charge on any atom is 0.351 e. The third-order valence-corrected chi connectivity index (χ3v) is 5.46. The number of benzene rings is 3. The van der Waals surface area contributed by atoms with E-state index in [1.165, 1.54) is 12.1 Å². The molecule has 0 saturated heterocycles. The van der Waals surface area contributed by atoms with Crippen molar-refractivity contribution in [3.63, 3.8) is 0 Å². The summed E-state index contributed by atoms with van der Waals surface area (Å²) in [4.78, 5) is 38.6. The van der Waals surface area contributed by atoms with Gasteiger partial charge in [-0.1, -0.05) is 41.4 Å². The van der Waals surface area contributed by atoms with E-state index in [0.717, 1.165) is 0 Å². The summed E-state index contributed by atoms with van der Waals surface area (Å²) in [5.41, 5.74) is -0.856. The van der Waals surface area contributed by atoms with Crippen molar-refractivity contribution < 1.29 is 18.4 Å². The number of para-hydroxylation sites is 1. The Morgan fingerprint density at radius 2 is 1.52 bits per heavy atom. The van der Waals surface area contributed by atoms with Gasteiger partial charge in [0.25, 0.3) is 0 Å². The van der Waals surface area contributed by atoms with Crippen LogP contribution in [-0.2, 0) is 0 Å². The van der Waals surface area contributed by atoms with Gasteiger partial charge in [0.05, 0.1) is 5.39 Å². The van der Waals surface area contributed by atoms with Crippen LogP contribution in [0.1, 0.15) is 10.4 Å². The summed E-state index contributed by atoms with van der Waals surface area (Å²) in [6.45, 7) is 0. The van der Waals surface area contributed by atoms with Gasteiger partial charge in [-0.3, -0.25) is 4.79 Å². The second-order valence-electron chi connectivity index (χ2n) is 7.11. The van der Waals surface area contributed by atoms with Gasteiger partial charge >= 0.3 is 11.6 Å². The molecule has 0 N–H and O–H groups in total. The van der Waals surface area contributed by atoms with Gasteiger partial charge in [-0.15, -0.1) is 0 Å². The molecule has 3 aromatic carbocycles. The Morgan fingerprint density at radius 1 is 0.788 bits per heavy atom. The van der Waals surface area contributed by atoms with Crippen LogP contribution in [0.4, 0.5) is 0 Å². The lowest BCUT2D eigenvalue weighted by Crippen LogP contribution is -2.22. The van der Waals surface area contributed by atoms with Crippen molar-refractivity contribution in [1.82, 2.24) is 0 Å². The lowest BCUT2D eigenvalue weighted by molar-refractivity contribution is 0.0727. The maximum atomic E-state index is 13.3. The lowest BCUT2D eigenvalue weighted by Gasteiger charge is -2.11. The first-order valence-corrected chi connectivity index (χ1v) is 10.4. The molecule has 2 heterocycles. The highest BCUT2D eigenvalue weighted by Crippen LogP contribution is 2.33. The molecule has 0 unspecified atom stereocenters. The Labute approximate surface area is 195 Å². The molecule has 2 aromatic heterocycles. The highest BCUT2D eigenvalue weighted by atomic mass is 35.5. The van der Waals surface area contributed by atoms with E-state index in [4.69, 9.17) is 36.8 Å². The molecule has 0 fully saturated rings. The fourth-order valence-corrected chi connectivity index (χ4v) is 3.68. The summed E-state index contributed by atoms with van der Waals surface area (Å²) in [6.07, 6.45) is 0. The molecule has 8 heteroatoms. The summed E-state index contributed by atoms with van der Waals surface area (Å²) in [5.74, 6) is -1.44. The second-order valence-corrected chi connectivity index (χ2v) is 7.98. The van der Waals surface area contributed by atoms with Crippen molar-refractivity contribution in [2.24, 2.45) is 0 Å². The van der Waals surface area contributed by atoms with Gasteiger partial charge in [0.15, 0.2) is 5.76 Å². The van der Waals surface area contributed by atoms with Crippen LogP contribution in [0.15, 0.2) is 91.2 Å². The van der Waals surface area contributed by atoms with Gasteiger partial charge < -0.3 is 13.6 Å². The number of halogens is 2. The number of hydrogen-bond acceptors (Lipinski definition) is 6. The number of ether oxygens (including phenoxy) is 1. The number of carbonyl (C=O) groups excluding carboxylic acids is 1. The van der Waals surface area contributed by atoms with Crippen molar-refractivity contribution in [3.05, 3.63) is 109 Å². The fourth-order valence-electron chi connectivity index (χ4n) is 3.39. The third-order valence-electron chi connectivity index (χ3n) is 4.97. The number of carbonyl (C=O) groups is 1. The lowest BCUT2D eigenvalue weighted by atomic mass is 10.1. The molecule has 0 atom stereocenters. The maximum absolute atomic E-state index is 13.3. The average Bonchev–Trinajstić information content (AvgIpc) is 2.81. The predicted octanol–water partition coefficient (Wildman–Crippen LogP) is 6.09. The molecule has 0 aliphatic carbocycles. The van der Waals surface area contributed by atoms with E-state index in [0.29, 0.717) is 26.6 Å². The van der Waals surface area contributed by atoms with Crippen molar-refractivity contribution in [2.45, 2.75) is 0 Å². The minimum absolute atomic E-state index is 0.00464. The molecule has 6 nitrogen and oxygen atoms in total.